The molecule has 2 amide bonds. The number of nitrogens with one attached hydrogen (secondary N) is 1. The molecule has 1 N–H and O–H groups in total. The van der Waals surface area contributed by atoms with Crippen LogP contribution >= 0.6 is 0 Å². The van der Waals surface area contributed by atoms with E-state index in [4.69, 9.17) is 0 Å². The normalized spacial score (nSPS) is 16.5. The average Bonchev–Trinajstić information content (AvgIpc) is 2.51. The number of rotatable bonds is 2. The van der Waals surface area contributed by atoms with Gasteiger partial charge in [0, 0.05) is 0 Å². The predicted octanol–water partition coefficient (Wildman–Crippen LogP) is 0.0483. The summed E-state index contributed by atoms with van der Waals surface area (Å²) in [4.78, 5) is 22.7. The number of hydrogen-bond acceptors (Lipinski definition) is 4. The highest BCUT2D eigenvalue weighted by molar-refractivity contribution is 7.90. The lowest BCUT2D eigenvalue weighted by atomic mass is 10.2. The number of benzene rings is 1. The number of hydrogen-bond donors (Lipinski definition) is 1. The van der Waals surface area contributed by atoms with Crippen LogP contribution in [0.2, 0.25) is 0 Å². The molecule has 0 spiro atoms. The molecule has 2 rings (SSSR count). The SMILES string of the molecule is C=CC(=O)NN1C(=O)c2ccccc2S1(=O)=O. The molecule has 0 saturated heterocycles. The zero-order valence-corrected chi connectivity index (χ0v) is 9.40. The van der Waals surface area contributed by atoms with Gasteiger partial charge in [0.25, 0.3) is 21.8 Å². The van der Waals surface area contributed by atoms with Gasteiger partial charge in [0.1, 0.15) is 4.90 Å². The van der Waals surface area contributed by atoms with Gasteiger partial charge >= 0.3 is 0 Å². The number of amides is 2. The molecule has 0 radical (unpaired) electrons. The minimum absolute atomic E-state index is 0.0388. The first-order valence-electron chi connectivity index (χ1n) is 4.60. The van der Waals surface area contributed by atoms with Crippen molar-refractivity contribution in [3.8, 4) is 0 Å². The second-order valence-corrected chi connectivity index (χ2v) is 5.01. The Balaban J connectivity index is 2.51. The fourth-order valence-corrected chi connectivity index (χ4v) is 2.85. The molecule has 1 aliphatic rings. The molecule has 1 aliphatic heterocycles. The number of carbonyl (C=O) groups excluding carboxylic acids is 2. The van der Waals surface area contributed by atoms with Crippen LogP contribution in [0, 0.1) is 0 Å². The quantitative estimate of drug-likeness (QED) is 0.754. The summed E-state index contributed by atoms with van der Waals surface area (Å²) in [7, 11) is -4.00. The van der Waals surface area contributed by atoms with Crippen molar-refractivity contribution in [3.63, 3.8) is 0 Å². The molecule has 1 aromatic carbocycles. The van der Waals surface area contributed by atoms with E-state index in [1.165, 1.54) is 18.2 Å². The smallest absolute Gasteiger partial charge is 0.268 e. The highest BCUT2D eigenvalue weighted by Gasteiger charge is 2.41. The predicted molar refractivity (Wildman–Crippen MR) is 58.1 cm³/mol. The van der Waals surface area contributed by atoms with Crippen LogP contribution < -0.4 is 5.43 Å². The van der Waals surface area contributed by atoms with Crippen molar-refractivity contribution in [1.82, 2.24) is 9.84 Å². The van der Waals surface area contributed by atoms with E-state index >= 15 is 0 Å². The summed E-state index contributed by atoms with van der Waals surface area (Å²) in [6.07, 6.45) is 0.881. The Bertz CT molecular complexity index is 621. The Kier molecular flexibility index (Phi) is 2.47. The van der Waals surface area contributed by atoms with Crippen LogP contribution in [0.3, 0.4) is 0 Å². The summed E-state index contributed by atoms with van der Waals surface area (Å²) >= 11 is 0. The van der Waals surface area contributed by atoms with Gasteiger partial charge in [-0.3, -0.25) is 9.59 Å². The van der Waals surface area contributed by atoms with Gasteiger partial charge in [0.15, 0.2) is 0 Å². The van der Waals surface area contributed by atoms with Crippen LogP contribution in [-0.2, 0) is 14.8 Å². The summed E-state index contributed by atoms with van der Waals surface area (Å²) in [5.74, 6) is -1.55. The Morgan fingerprint density at radius 3 is 2.59 bits per heavy atom. The fourth-order valence-electron chi connectivity index (χ4n) is 1.44. The van der Waals surface area contributed by atoms with E-state index < -0.39 is 21.8 Å². The molecule has 88 valence electrons. The van der Waals surface area contributed by atoms with Crippen LogP contribution in [0.1, 0.15) is 10.4 Å². The highest BCUT2D eigenvalue weighted by Crippen LogP contribution is 2.28. The zero-order valence-electron chi connectivity index (χ0n) is 8.58. The molecule has 7 heteroatoms. The number of fused-ring (bicyclic) bond motifs is 1. The molecule has 1 aromatic rings. The first-order valence-corrected chi connectivity index (χ1v) is 6.04. The largest absolute Gasteiger partial charge is 0.288 e. The van der Waals surface area contributed by atoms with Crippen molar-refractivity contribution in [2.45, 2.75) is 4.90 Å². The van der Waals surface area contributed by atoms with Crippen molar-refractivity contribution in [2.75, 3.05) is 0 Å². The highest BCUT2D eigenvalue weighted by atomic mass is 32.2. The summed E-state index contributed by atoms with van der Waals surface area (Å²) in [5.41, 5.74) is 1.99. The Hall–Kier alpha value is -2.15. The van der Waals surface area contributed by atoms with Gasteiger partial charge in [-0.1, -0.05) is 18.7 Å². The zero-order chi connectivity index (χ0) is 12.6. The van der Waals surface area contributed by atoms with E-state index in [0.29, 0.717) is 4.41 Å². The molecule has 1 heterocycles. The summed E-state index contributed by atoms with van der Waals surface area (Å²) in [5, 5.41) is 0. The van der Waals surface area contributed by atoms with E-state index in [1.54, 1.807) is 6.07 Å². The molecule has 0 aromatic heterocycles. The third-order valence-electron chi connectivity index (χ3n) is 2.22. The van der Waals surface area contributed by atoms with Crippen LogP contribution in [0.4, 0.5) is 0 Å². The third kappa shape index (κ3) is 1.60. The van der Waals surface area contributed by atoms with Gasteiger partial charge in [-0.15, -0.1) is 4.41 Å². The van der Waals surface area contributed by atoms with Crippen molar-refractivity contribution >= 4 is 21.8 Å². The molecule has 6 nitrogen and oxygen atoms in total. The number of sulfonamides is 1. The molecule has 0 fully saturated rings. The van der Waals surface area contributed by atoms with Crippen molar-refractivity contribution < 1.29 is 18.0 Å². The lowest BCUT2D eigenvalue weighted by molar-refractivity contribution is -0.118. The van der Waals surface area contributed by atoms with E-state index in [0.717, 1.165) is 6.08 Å². The van der Waals surface area contributed by atoms with Crippen LogP contribution in [-0.4, -0.2) is 24.6 Å². The lowest BCUT2D eigenvalue weighted by Crippen LogP contribution is -2.45. The van der Waals surface area contributed by atoms with E-state index in [1.807, 2.05) is 5.43 Å². The first-order chi connectivity index (χ1) is 7.98. The van der Waals surface area contributed by atoms with Crippen molar-refractivity contribution in [1.29, 1.82) is 0 Å². The molecule has 0 bridgehead atoms. The molecular formula is C10H8N2O4S. The van der Waals surface area contributed by atoms with Gasteiger partial charge < -0.3 is 0 Å². The second kappa shape index (κ2) is 3.70. The summed E-state index contributed by atoms with van der Waals surface area (Å²) < 4.78 is 24.1. The van der Waals surface area contributed by atoms with Crippen molar-refractivity contribution in [3.05, 3.63) is 42.5 Å². The van der Waals surface area contributed by atoms with Gasteiger partial charge in [-0.2, -0.15) is 8.42 Å². The number of hydrazine groups is 1. The number of carbonyl (C=O) groups is 2. The lowest BCUT2D eigenvalue weighted by Gasteiger charge is -2.14. The van der Waals surface area contributed by atoms with Crippen molar-refractivity contribution in [2.24, 2.45) is 0 Å². The Labute approximate surface area is 97.6 Å². The topological polar surface area (TPSA) is 83.6 Å². The van der Waals surface area contributed by atoms with Gasteiger partial charge in [0.2, 0.25) is 0 Å². The minimum Gasteiger partial charge on any atom is -0.268 e. The second-order valence-electron chi connectivity index (χ2n) is 3.25. The maximum atomic E-state index is 11.9. The molecule has 0 unspecified atom stereocenters. The third-order valence-corrected chi connectivity index (χ3v) is 3.87. The van der Waals surface area contributed by atoms with E-state index in [2.05, 4.69) is 6.58 Å². The molecular weight excluding hydrogens is 244 g/mol. The van der Waals surface area contributed by atoms with E-state index in [-0.39, 0.29) is 10.5 Å². The van der Waals surface area contributed by atoms with Gasteiger partial charge in [0.05, 0.1) is 5.56 Å². The molecule has 0 atom stereocenters. The van der Waals surface area contributed by atoms with Crippen LogP contribution in [0.5, 0.6) is 0 Å². The first kappa shape index (κ1) is 11.3. The molecule has 17 heavy (non-hydrogen) atoms. The van der Waals surface area contributed by atoms with Gasteiger partial charge in [-0.25, -0.2) is 5.43 Å². The monoisotopic (exact) mass is 252 g/mol. The Morgan fingerprint density at radius 2 is 2.00 bits per heavy atom. The number of nitrogens with zero attached hydrogens (tertiary/aromatic N) is 1. The molecule has 0 aliphatic carbocycles. The van der Waals surface area contributed by atoms with Crippen LogP contribution in [0.15, 0.2) is 41.8 Å². The Morgan fingerprint density at radius 1 is 1.35 bits per heavy atom. The maximum absolute atomic E-state index is 11.9. The van der Waals surface area contributed by atoms with E-state index in [9.17, 15) is 18.0 Å². The summed E-state index contributed by atoms with van der Waals surface area (Å²) in [6, 6.07) is 5.74. The molecule has 0 saturated carbocycles. The van der Waals surface area contributed by atoms with Gasteiger partial charge in [-0.05, 0) is 18.2 Å². The minimum atomic E-state index is -4.00. The van der Waals surface area contributed by atoms with Crippen LogP contribution in [0.25, 0.3) is 0 Å². The maximum Gasteiger partial charge on any atom is 0.288 e. The summed E-state index contributed by atoms with van der Waals surface area (Å²) in [6.45, 7) is 3.18. The standard InChI is InChI=1S/C10H8N2O4S/c1-2-9(13)11-12-10(14)7-5-3-4-6-8(7)17(12,15)16/h2-6H,1H2,(H,11,13). The average molecular weight is 252 g/mol. The fraction of sp³-hybridized carbons (Fsp3) is 0.